The van der Waals surface area contributed by atoms with E-state index in [9.17, 15) is 0 Å². The Morgan fingerprint density at radius 2 is 2.19 bits per heavy atom. The second-order valence-electron chi connectivity index (χ2n) is 6.83. The highest BCUT2D eigenvalue weighted by Crippen LogP contribution is 2.27. The molecule has 2 aromatic heterocycles. The molecule has 0 radical (unpaired) electrons. The van der Waals surface area contributed by atoms with Crippen LogP contribution in [0.5, 0.6) is 0 Å². The average molecular weight is 425 g/mol. The van der Waals surface area contributed by atoms with E-state index >= 15 is 0 Å². The van der Waals surface area contributed by atoms with Crippen LogP contribution in [-0.4, -0.2) is 35.4 Å². The minimum atomic E-state index is 0. The van der Waals surface area contributed by atoms with E-state index in [-0.39, 0.29) is 24.8 Å². The highest BCUT2D eigenvalue weighted by Gasteiger charge is 2.20. The molecule has 1 unspecified atom stereocenters. The predicted molar refractivity (Wildman–Crippen MR) is 121 cm³/mol. The highest BCUT2D eigenvalue weighted by molar-refractivity contribution is 7.12. The van der Waals surface area contributed by atoms with Crippen molar-refractivity contribution in [2.24, 2.45) is 10.7 Å². The summed E-state index contributed by atoms with van der Waals surface area (Å²) in [6, 6.07) is 11.0. The summed E-state index contributed by atoms with van der Waals surface area (Å²) in [7, 11) is 2.24. The molecule has 27 heavy (non-hydrogen) atoms. The van der Waals surface area contributed by atoms with Crippen molar-refractivity contribution in [3.8, 4) is 0 Å². The average Bonchev–Trinajstić information content (AvgIpc) is 3.34. The molecule has 0 spiro atoms. The molecule has 0 saturated carbocycles. The smallest absolute Gasteiger partial charge is 0.141 e. The van der Waals surface area contributed by atoms with E-state index in [2.05, 4.69) is 40.3 Å². The molecule has 1 aliphatic rings. The van der Waals surface area contributed by atoms with Gasteiger partial charge >= 0.3 is 0 Å². The van der Waals surface area contributed by atoms with E-state index in [0.29, 0.717) is 5.84 Å². The van der Waals surface area contributed by atoms with Crippen molar-refractivity contribution in [1.82, 2.24) is 9.88 Å². The summed E-state index contributed by atoms with van der Waals surface area (Å²) in [5.41, 5.74) is 9.59. The highest BCUT2D eigenvalue weighted by atomic mass is 35.5. The number of halogens is 2. The Kier molecular flexibility index (Phi) is 7.74. The first-order valence-corrected chi connectivity index (χ1v) is 9.77. The van der Waals surface area contributed by atoms with Gasteiger partial charge in [-0.2, -0.15) is 0 Å². The van der Waals surface area contributed by atoms with Gasteiger partial charge in [0.15, 0.2) is 0 Å². The number of hydrogen-bond donors (Lipinski definition) is 2. The number of amidine groups is 1. The summed E-state index contributed by atoms with van der Waals surface area (Å²) in [4.78, 5) is 11.5. The fraction of sp³-hybridized carbons (Fsp3) is 0.350. The molecule has 1 fully saturated rings. The Morgan fingerprint density at radius 1 is 1.33 bits per heavy atom. The number of aliphatic imine (C=N–C) groups is 1. The first kappa shape index (κ1) is 21.8. The monoisotopic (exact) mass is 424 g/mol. The maximum absolute atomic E-state index is 6.13. The van der Waals surface area contributed by atoms with Gasteiger partial charge in [-0.05, 0) is 74.5 Å². The van der Waals surface area contributed by atoms with Crippen molar-refractivity contribution in [3.63, 3.8) is 0 Å². The van der Waals surface area contributed by atoms with Gasteiger partial charge in [0, 0.05) is 23.1 Å². The van der Waals surface area contributed by atoms with Crippen LogP contribution < -0.4 is 5.73 Å². The predicted octanol–water partition coefficient (Wildman–Crippen LogP) is 5.14. The molecule has 3 N–H and O–H groups in total. The van der Waals surface area contributed by atoms with Gasteiger partial charge in [0.2, 0.25) is 0 Å². The van der Waals surface area contributed by atoms with Gasteiger partial charge in [0.05, 0.1) is 10.6 Å². The number of aromatic nitrogens is 1. The number of H-pyrrole nitrogens is 1. The molecule has 3 heterocycles. The van der Waals surface area contributed by atoms with E-state index in [0.717, 1.165) is 23.0 Å². The van der Waals surface area contributed by atoms with Crippen LogP contribution in [0.3, 0.4) is 0 Å². The van der Waals surface area contributed by atoms with Crippen LogP contribution in [0.1, 0.15) is 29.7 Å². The zero-order valence-electron chi connectivity index (χ0n) is 15.4. The number of nitrogens with zero attached hydrogens (tertiary/aromatic N) is 2. The number of nitrogens with one attached hydrogen (secondary N) is 1. The summed E-state index contributed by atoms with van der Waals surface area (Å²) in [6.45, 7) is 1.24. The Bertz CT molecular complexity index is 889. The summed E-state index contributed by atoms with van der Waals surface area (Å²) in [5, 5.41) is 3.28. The number of aromatic amines is 1. The third-order valence-electron chi connectivity index (χ3n) is 5.19. The second-order valence-corrected chi connectivity index (χ2v) is 7.78. The molecular weight excluding hydrogens is 399 g/mol. The van der Waals surface area contributed by atoms with Crippen LogP contribution in [0.2, 0.25) is 0 Å². The van der Waals surface area contributed by atoms with E-state index in [1.807, 2.05) is 23.6 Å². The van der Waals surface area contributed by atoms with E-state index < -0.39 is 0 Å². The van der Waals surface area contributed by atoms with Gasteiger partial charge in [0.1, 0.15) is 5.84 Å². The molecule has 1 aromatic carbocycles. The van der Waals surface area contributed by atoms with Crippen molar-refractivity contribution >= 4 is 58.6 Å². The van der Waals surface area contributed by atoms with Gasteiger partial charge < -0.3 is 15.6 Å². The SMILES string of the molecule is CN1CCCC1CCc1c[nH]c2ccc(N=C(N)c3cccs3)cc12.Cl.Cl. The fourth-order valence-electron chi connectivity index (χ4n) is 3.73. The molecular formula is C20H26Cl2N4S. The molecule has 146 valence electrons. The van der Waals surface area contributed by atoms with Crippen LogP contribution in [0.4, 0.5) is 5.69 Å². The van der Waals surface area contributed by atoms with E-state index in [1.165, 1.54) is 42.3 Å². The van der Waals surface area contributed by atoms with Crippen LogP contribution in [0, 0.1) is 0 Å². The number of likely N-dealkylation sites (tertiary alicyclic amines) is 1. The third-order valence-corrected chi connectivity index (χ3v) is 6.08. The maximum Gasteiger partial charge on any atom is 0.141 e. The van der Waals surface area contributed by atoms with E-state index in [1.54, 1.807) is 11.3 Å². The van der Waals surface area contributed by atoms with Crippen molar-refractivity contribution in [2.45, 2.75) is 31.7 Å². The molecule has 1 aliphatic heterocycles. The number of hydrogen-bond acceptors (Lipinski definition) is 3. The number of aryl methyl sites for hydroxylation is 1. The van der Waals surface area contributed by atoms with Gasteiger partial charge in [-0.3, -0.25) is 0 Å². The number of fused-ring (bicyclic) bond motifs is 1. The van der Waals surface area contributed by atoms with Gasteiger partial charge in [-0.15, -0.1) is 36.2 Å². The van der Waals surface area contributed by atoms with Crippen molar-refractivity contribution < 1.29 is 0 Å². The van der Waals surface area contributed by atoms with Crippen LogP contribution in [0.15, 0.2) is 46.9 Å². The minimum absolute atomic E-state index is 0. The minimum Gasteiger partial charge on any atom is -0.383 e. The summed E-state index contributed by atoms with van der Waals surface area (Å²) in [5.74, 6) is 0.582. The quantitative estimate of drug-likeness (QED) is 0.440. The Labute approximate surface area is 176 Å². The summed E-state index contributed by atoms with van der Waals surface area (Å²) >= 11 is 1.61. The van der Waals surface area contributed by atoms with Crippen molar-refractivity contribution in [1.29, 1.82) is 0 Å². The molecule has 4 rings (SSSR count). The zero-order valence-corrected chi connectivity index (χ0v) is 17.8. The Morgan fingerprint density at radius 3 is 2.89 bits per heavy atom. The van der Waals surface area contributed by atoms with Gasteiger partial charge in [-0.25, -0.2) is 4.99 Å². The summed E-state index contributed by atoms with van der Waals surface area (Å²) in [6.07, 6.45) is 7.12. The lowest BCUT2D eigenvalue weighted by atomic mass is 10.0. The molecule has 4 nitrogen and oxygen atoms in total. The largest absolute Gasteiger partial charge is 0.383 e. The molecule has 0 bridgehead atoms. The second kappa shape index (κ2) is 9.60. The molecule has 0 aliphatic carbocycles. The van der Waals surface area contributed by atoms with Crippen LogP contribution in [0.25, 0.3) is 10.9 Å². The third kappa shape index (κ3) is 4.85. The molecule has 1 atom stereocenters. The first-order valence-electron chi connectivity index (χ1n) is 8.89. The normalized spacial score (nSPS) is 17.7. The van der Waals surface area contributed by atoms with Crippen molar-refractivity contribution in [3.05, 3.63) is 52.3 Å². The molecule has 0 amide bonds. The molecule has 3 aromatic rings. The van der Waals surface area contributed by atoms with Crippen LogP contribution >= 0.6 is 36.2 Å². The van der Waals surface area contributed by atoms with Gasteiger partial charge in [-0.1, -0.05) is 6.07 Å². The maximum atomic E-state index is 6.13. The molecule has 1 saturated heterocycles. The number of nitrogens with two attached hydrogens (primary N) is 1. The lowest BCUT2D eigenvalue weighted by Gasteiger charge is -2.18. The van der Waals surface area contributed by atoms with E-state index in [4.69, 9.17) is 5.73 Å². The van der Waals surface area contributed by atoms with Crippen LogP contribution in [-0.2, 0) is 6.42 Å². The fourth-order valence-corrected chi connectivity index (χ4v) is 4.35. The topological polar surface area (TPSA) is 57.4 Å². The van der Waals surface area contributed by atoms with Gasteiger partial charge in [0.25, 0.3) is 0 Å². The number of thiophene rings is 1. The lowest BCUT2D eigenvalue weighted by molar-refractivity contribution is 0.297. The zero-order chi connectivity index (χ0) is 17.2. The molecule has 7 heteroatoms. The lowest BCUT2D eigenvalue weighted by Crippen LogP contribution is -2.25. The Hall–Kier alpha value is -1.53. The summed E-state index contributed by atoms with van der Waals surface area (Å²) < 4.78 is 0. The number of benzene rings is 1. The Balaban J connectivity index is 0.00000131. The first-order chi connectivity index (χ1) is 12.2. The standard InChI is InChI=1S/C20H24N4S.2ClH/c1-24-10-2-4-16(24)8-6-14-13-22-18-9-7-15(12-17(14)18)23-20(21)19-5-3-11-25-19;;/h3,5,7,9,11-13,16,22H,2,4,6,8,10H2,1H3,(H2,21,23);2*1H. The number of rotatable bonds is 5. The van der Waals surface area contributed by atoms with Crippen molar-refractivity contribution in [2.75, 3.05) is 13.6 Å².